The first-order valence-corrected chi connectivity index (χ1v) is 11.8. The van der Waals surface area contributed by atoms with E-state index in [0.717, 1.165) is 11.3 Å². The van der Waals surface area contributed by atoms with Crippen molar-refractivity contribution in [2.75, 3.05) is 24.2 Å². The highest BCUT2D eigenvalue weighted by Crippen LogP contribution is 2.43. The number of nitrogens with zero attached hydrogens (tertiary/aromatic N) is 3. The molecule has 0 saturated heterocycles. The quantitative estimate of drug-likeness (QED) is 0.292. The van der Waals surface area contributed by atoms with Crippen LogP contribution < -0.4 is 21.1 Å². The lowest BCUT2D eigenvalue weighted by molar-refractivity contribution is 0.0947. The van der Waals surface area contributed by atoms with Gasteiger partial charge in [0.15, 0.2) is 11.6 Å². The van der Waals surface area contributed by atoms with Gasteiger partial charge in [-0.15, -0.1) is 0 Å². The number of nitrogens with one attached hydrogen (secondary N) is 3. The number of aromatic amines is 1. The Balaban J connectivity index is 1.56. The third kappa shape index (κ3) is 4.52. The third-order valence-electron chi connectivity index (χ3n) is 5.77. The van der Waals surface area contributed by atoms with Crippen LogP contribution in [0, 0.1) is 0 Å². The maximum Gasteiger partial charge on any atom is 0.255 e. The fraction of sp³-hybridized carbons (Fsp3) is 0.208. The largest absolute Gasteiger partial charge is 0.489 e. The van der Waals surface area contributed by atoms with Gasteiger partial charge in [0.2, 0.25) is 0 Å². The monoisotopic (exact) mass is 511 g/mol. The van der Waals surface area contributed by atoms with Gasteiger partial charge in [0.1, 0.15) is 0 Å². The van der Waals surface area contributed by atoms with Gasteiger partial charge in [0.25, 0.3) is 5.91 Å². The molecule has 35 heavy (non-hydrogen) atoms. The molecule has 1 aromatic carbocycles. The molecule has 0 radical (unpaired) electrons. The first-order valence-electron chi connectivity index (χ1n) is 11.0. The van der Waals surface area contributed by atoms with Crippen molar-refractivity contribution in [3.63, 3.8) is 0 Å². The minimum atomic E-state index is -0.185. The minimum Gasteiger partial charge on any atom is -0.489 e. The van der Waals surface area contributed by atoms with E-state index in [1.807, 2.05) is 13.2 Å². The smallest absolute Gasteiger partial charge is 0.255 e. The van der Waals surface area contributed by atoms with Crippen molar-refractivity contribution in [2.45, 2.75) is 12.8 Å². The molecular weight excluding hydrogens is 489 g/mol. The number of carbonyl (C=O) groups excluding carboxylic acids is 1. The molecule has 0 atom stereocenters. The first-order chi connectivity index (χ1) is 16.9. The Labute approximate surface area is 211 Å². The van der Waals surface area contributed by atoms with Crippen LogP contribution in [0.3, 0.4) is 0 Å². The second-order valence-electron chi connectivity index (χ2n) is 8.15. The van der Waals surface area contributed by atoms with E-state index in [1.165, 1.54) is 0 Å². The number of ether oxygens (including phenoxy) is 1. The number of H-pyrrole nitrogens is 1. The number of carbonyl (C=O) groups is 1. The van der Waals surface area contributed by atoms with Gasteiger partial charge in [-0.25, -0.2) is 4.98 Å². The Morgan fingerprint density at radius 3 is 2.94 bits per heavy atom. The van der Waals surface area contributed by atoms with E-state index in [0.29, 0.717) is 70.0 Å². The highest BCUT2D eigenvalue weighted by molar-refractivity contribution is 6.43. The van der Waals surface area contributed by atoms with Crippen molar-refractivity contribution < 1.29 is 9.53 Å². The number of rotatable bonds is 7. The summed E-state index contributed by atoms with van der Waals surface area (Å²) < 4.78 is 7.87. The summed E-state index contributed by atoms with van der Waals surface area (Å²) in [6.45, 7) is 0.911. The number of nitrogen functional groups attached to an aromatic ring is 1. The zero-order valence-corrected chi connectivity index (χ0v) is 20.4. The van der Waals surface area contributed by atoms with Gasteiger partial charge < -0.3 is 26.1 Å². The molecule has 11 heteroatoms. The predicted molar refractivity (Wildman–Crippen MR) is 137 cm³/mol. The number of anilines is 3. The normalized spacial score (nSPS) is 12.8. The summed E-state index contributed by atoms with van der Waals surface area (Å²) in [5.74, 6) is 0.489. The number of halogens is 2. The van der Waals surface area contributed by atoms with Crippen LogP contribution in [0.5, 0.6) is 5.75 Å². The molecule has 5 N–H and O–H groups in total. The summed E-state index contributed by atoms with van der Waals surface area (Å²) in [4.78, 5) is 20.5. The molecular formula is C24H23Cl2N7O2. The standard InChI is InChI=1S/C24H23Cl2N7O2/c1-33-12-13(11-30-33)7-10-35-22-14(5-8-28-23(22)27)20-21(18-16(31-20)6-9-29-24(18)34)32-17-4-2-3-15(25)19(17)26/h2-5,8,11-12,31-32H,6-7,9-10H2,1H3,(H2,27,28)(H,29,34). The van der Waals surface area contributed by atoms with E-state index in [2.05, 4.69) is 25.7 Å². The van der Waals surface area contributed by atoms with Gasteiger partial charge in [-0.05, 0) is 23.8 Å². The van der Waals surface area contributed by atoms with Crippen LogP contribution in [0.4, 0.5) is 17.2 Å². The van der Waals surface area contributed by atoms with Crippen molar-refractivity contribution in [1.82, 2.24) is 25.1 Å². The van der Waals surface area contributed by atoms with Crippen LogP contribution in [0.1, 0.15) is 21.6 Å². The molecule has 9 nitrogen and oxygen atoms in total. The van der Waals surface area contributed by atoms with Gasteiger partial charge in [-0.3, -0.25) is 9.48 Å². The van der Waals surface area contributed by atoms with E-state index in [1.54, 1.807) is 41.3 Å². The number of amides is 1. The average Bonchev–Trinajstić information content (AvgIpc) is 3.42. The lowest BCUT2D eigenvalue weighted by Gasteiger charge is -2.17. The van der Waals surface area contributed by atoms with E-state index in [9.17, 15) is 4.79 Å². The fourth-order valence-electron chi connectivity index (χ4n) is 4.13. The number of fused-ring (bicyclic) bond motifs is 1. The van der Waals surface area contributed by atoms with Crippen LogP contribution >= 0.6 is 23.2 Å². The maximum atomic E-state index is 12.9. The molecule has 4 heterocycles. The van der Waals surface area contributed by atoms with Crippen LogP contribution in [0.2, 0.25) is 10.0 Å². The zero-order valence-electron chi connectivity index (χ0n) is 18.9. The molecule has 0 aliphatic carbocycles. The summed E-state index contributed by atoms with van der Waals surface area (Å²) in [7, 11) is 1.87. The number of hydrogen-bond acceptors (Lipinski definition) is 6. The topological polar surface area (TPSA) is 123 Å². The SMILES string of the molecule is Cn1cc(CCOc2c(-c3[nH]c4c(c3Nc3cccc(Cl)c3Cl)C(=O)NCC4)ccnc2N)cn1. The lowest BCUT2D eigenvalue weighted by Crippen LogP contribution is -2.31. The first kappa shape index (κ1) is 23.1. The van der Waals surface area contributed by atoms with Crippen molar-refractivity contribution in [2.24, 2.45) is 7.05 Å². The van der Waals surface area contributed by atoms with E-state index < -0.39 is 0 Å². The van der Waals surface area contributed by atoms with Crippen molar-refractivity contribution >= 4 is 46.3 Å². The Morgan fingerprint density at radius 2 is 2.14 bits per heavy atom. The van der Waals surface area contributed by atoms with Crippen molar-refractivity contribution in [3.8, 4) is 17.0 Å². The van der Waals surface area contributed by atoms with Crippen LogP contribution in [0.15, 0.2) is 42.9 Å². The molecule has 4 aromatic rings. The van der Waals surface area contributed by atoms with Crippen LogP contribution in [-0.4, -0.2) is 38.8 Å². The van der Waals surface area contributed by atoms with Gasteiger partial charge in [-0.2, -0.15) is 5.10 Å². The number of pyridine rings is 1. The second kappa shape index (κ2) is 9.52. The summed E-state index contributed by atoms with van der Waals surface area (Å²) in [5.41, 5.74) is 11.0. The van der Waals surface area contributed by atoms with E-state index >= 15 is 0 Å². The van der Waals surface area contributed by atoms with E-state index in [-0.39, 0.29) is 11.7 Å². The highest BCUT2D eigenvalue weighted by atomic mass is 35.5. The fourth-order valence-corrected chi connectivity index (χ4v) is 4.47. The zero-order chi connectivity index (χ0) is 24.5. The van der Waals surface area contributed by atoms with Gasteiger partial charge >= 0.3 is 0 Å². The van der Waals surface area contributed by atoms with Crippen LogP contribution in [-0.2, 0) is 19.9 Å². The highest BCUT2D eigenvalue weighted by Gasteiger charge is 2.29. The van der Waals surface area contributed by atoms with Gasteiger partial charge in [-0.1, -0.05) is 29.3 Å². The third-order valence-corrected chi connectivity index (χ3v) is 6.59. The summed E-state index contributed by atoms with van der Waals surface area (Å²) in [6, 6.07) is 7.08. The molecule has 1 amide bonds. The molecule has 0 unspecified atom stereocenters. The number of benzene rings is 1. The number of nitrogens with two attached hydrogens (primary N) is 1. The van der Waals surface area contributed by atoms with Crippen molar-refractivity contribution in [3.05, 3.63) is 69.7 Å². The molecule has 180 valence electrons. The number of aryl methyl sites for hydroxylation is 1. The molecule has 5 rings (SSSR count). The Hall–Kier alpha value is -3.69. The Morgan fingerprint density at radius 1 is 1.29 bits per heavy atom. The molecule has 0 bridgehead atoms. The second-order valence-corrected chi connectivity index (χ2v) is 8.94. The summed E-state index contributed by atoms with van der Waals surface area (Å²) in [6.07, 6.45) is 6.64. The molecule has 1 aliphatic rings. The van der Waals surface area contributed by atoms with Gasteiger partial charge in [0.05, 0.1) is 45.5 Å². The van der Waals surface area contributed by atoms with E-state index in [4.69, 9.17) is 33.7 Å². The Bertz CT molecular complexity index is 1410. The van der Waals surface area contributed by atoms with Gasteiger partial charge in [0, 0.05) is 50.1 Å². The molecule has 0 saturated carbocycles. The molecule has 1 aliphatic heterocycles. The minimum absolute atomic E-state index is 0.185. The molecule has 0 spiro atoms. The molecule has 0 fully saturated rings. The lowest BCUT2D eigenvalue weighted by atomic mass is 10.0. The number of hydrogen-bond donors (Lipinski definition) is 4. The maximum absolute atomic E-state index is 12.9. The Kier molecular flexibility index (Phi) is 6.27. The van der Waals surface area contributed by atoms with Crippen molar-refractivity contribution in [1.29, 1.82) is 0 Å². The average molecular weight is 512 g/mol. The number of aromatic nitrogens is 4. The summed E-state index contributed by atoms with van der Waals surface area (Å²) >= 11 is 12.7. The summed E-state index contributed by atoms with van der Waals surface area (Å²) in [5, 5.41) is 11.2. The van der Waals surface area contributed by atoms with Crippen LogP contribution in [0.25, 0.3) is 11.3 Å². The molecule has 3 aromatic heterocycles. The predicted octanol–water partition coefficient (Wildman–Crippen LogP) is 4.35.